The first-order chi connectivity index (χ1) is 10.3. The van der Waals surface area contributed by atoms with Gasteiger partial charge >= 0.3 is 0 Å². The third kappa shape index (κ3) is 3.34. The molecule has 1 fully saturated rings. The first-order valence-corrected chi connectivity index (χ1v) is 7.32. The average molecular weight is 283 g/mol. The fourth-order valence-corrected chi connectivity index (χ4v) is 2.35. The van der Waals surface area contributed by atoms with Crippen LogP contribution < -0.4 is 15.0 Å². The predicted molar refractivity (Wildman–Crippen MR) is 85.2 cm³/mol. The van der Waals surface area contributed by atoms with Crippen LogP contribution in [-0.2, 0) is 6.54 Å². The molecule has 0 bridgehead atoms. The third-order valence-corrected chi connectivity index (χ3v) is 3.87. The Kier molecular flexibility index (Phi) is 4.06. The number of benzene rings is 1. The summed E-state index contributed by atoms with van der Waals surface area (Å²) in [6.07, 6.45) is 6.38. The van der Waals surface area contributed by atoms with Crippen molar-refractivity contribution in [1.29, 1.82) is 0 Å². The Morgan fingerprint density at radius 2 is 2.00 bits per heavy atom. The molecule has 1 heterocycles. The van der Waals surface area contributed by atoms with E-state index in [9.17, 15) is 0 Å². The highest BCUT2D eigenvalue weighted by Crippen LogP contribution is 2.28. The number of rotatable bonds is 6. The van der Waals surface area contributed by atoms with Gasteiger partial charge in [0, 0.05) is 31.5 Å². The van der Waals surface area contributed by atoms with Crippen LogP contribution in [0.1, 0.15) is 18.4 Å². The number of methoxy groups -OCH3 is 1. The van der Waals surface area contributed by atoms with E-state index in [1.807, 2.05) is 24.5 Å². The summed E-state index contributed by atoms with van der Waals surface area (Å²) in [7, 11) is 3.75. The fraction of sp³-hybridized carbons (Fsp3) is 0.353. The highest BCUT2D eigenvalue weighted by atomic mass is 16.5. The van der Waals surface area contributed by atoms with E-state index in [0.717, 1.165) is 23.7 Å². The van der Waals surface area contributed by atoms with Crippen molar-refractivity contribution in [2.75, 3.05) is 19.1 Å². The summed E-state index contributed by atoms with van der Waals surface area (Å²) in [5, 5.41) is 3.56. The van der Waals surface area contributed by atoms with Gasteiger partial charge in [-0.25, -0.2) is 0 Å². The number of hydrogen-bond acceptors (Lipinski definition) is 4. The smallest absolute Gasteiger partial charge is 0.119 e. The Hall–Kier alpha value is -2.07. The Morgan fingerprint density at radius 1 is 1.24 bits per heavy atom. The Morgan fingerprint density at radius 3 is 2.67 bits per heavy atom. The minimum Gasteiger partial charge on any atom is -0.497 e. The molecule has 21 heavy (non-hydrogen) atoms. The fourth-order valence-electron chi connectivity index (χ4n) is 2.35. The summed E-state index contributed by atoms with van der Waals surface area (Å²) in [5.74, 6) is 0.869. The van der Waals surface area contributed by atoms with Gasteiger partial charge in [-0.15, -0.1) is 0 Å². The van der Waals surface area contributed by atoms with Crippen LogP contribution in [0.5, 0.6) is 5.75 Å². The number of anilines is 2. The van der Waals surface area contributed by atoms with Gasteiger partial charge in [-0.3, -0.25) is 4.98 Å². The van der Waals surface area contributed by atoms with E-state index in [0.29, 0.717) is 6.04 Å². The molecule has 1 aliphatic carbocycles. The molecule has 1 saturated carbocycles. The topological polar surface area (TPSA) is 37.4 Å². The average Bonchev–Trinajstić information content (AvgIpc) is 3.37. The molecule has 1 aromatic carbocycles. The Labute approximate surface area is 125 Å². The molecule has 4 nitrogen and oxygen atoms in total. The van der Waals surface area contributed by atoms with Gasteiger partial charge in [0.15, 0.2) is 0 Å². The molecule has 0 unspecified atom stereocenters. The largest absolute Gasteiger partial charge is 0.497 e. The maximum Gasteiger partial charge on any atom is 0.119 e. The van der Waals surface area contributed by atoms with E-state index in [-0.39, 0.29) is 0 Å². The molecule has 1 aromatic heterocycles. The van der Waals surface area contributed by atoms with Crippen molar-refractivity contribution in [1.82, 2.24) is 10.3 Å². The number of aromatic nitrogens is 1. The summed E-state index contributed by atoms with van der Waals surface area (Å²) in [6.45, 7) is 0.892. The Balaban J connectivity index is 1.80. The van der Waals surface area contributed by atoms with Crippen LogP contribution in [0.3, 0.4) is 0 Å². The van der Waals surface area contributed by atoms with Gasteiger partial charge in [-0.2, -0.15) is 0 Å². The highest BCUT2D eigenvalue weighted by molar-refractivity contribution is 5.65. The second-order valence-electron chi connectivity index (χ2n) is 5.42. The van der Waals surface area contributed by atoms with E-state index in [4.69, 9.17) is 4.74 Å². The Bertz CT molecular complexity index is 593. The molecule has 2 aromatic rings. The predicted octanol–water partition coefficient (Wildman–Crippen LogP) is 3.11. The first kappa shape index (κ1) is 13.9. The van der Waals surface area contributed by atoms with Crippen LogP contribution in [0, 0.1) is 0 Å². The van der Waals surface area contributed by atoms with Crippen LogP contribution >= 0.6 is 0 Å². The third-order valence-electron chi connectivity index (χ3n) is 3.87. The van der Waals surface area contributed by atoms with Crippen molar-refractivity contribution in [3.8, 4) is 5.75 Å². The molecule has 1 aliphatic rings. The minimum atomic E-state index is 0.706. The molecule has 0 atom stereocenters. The van der Waals surface area contributed by atoms with Gasteiger partial charge in [0.05, 0.1) is 19.0 Å². The molecule has 0 spiro atoms. The zero-order valence-electron chi connectivity index (χ0n) is 12.5. The minimum absolute atomic E-state index is 0.706. The molecule has 4 heteroatoms. The maximum absolute atomic E-state index is 5.21. The van der Waals surface area contributed by atoms with Crippen LogP contribution in [0.2, 0.25) is 0 Å². The van der Waals surface area contributed by atoms with Crippen molar-refractivity contribution in [2.45, 2.75) is 25.4 Å². The molecule has 110 valence electrons. The van der Waals surface area contributed by atoms with Crippen molar-refractivity contribution < 1.29 is 4.74 Å². The normalized spacial score (nSPS) is 14.0. The summed E-state index contributed by atoms with van der Waals surface area (Å²) >= 11 is 0. The lowest BCUT2D eigenvalue weighted by Crippen LogP contribution is -2.19. The van der Waals surface area contributed by atoms with Crippen LogP contribution in [0.15, 0.2) is 42.7 Å². The molecule has 0 radical (unpaired) electrons. The number of nitrogens with one attached hydrogen (secondary N) is 1. The van der Waals surface area contributed by atoms with Crippen molar-refractivity contribution in [2.24, 2.45) is 0 Å². The van der Waals surface area contributed by atoms with Gasteiger partial charge in [0.25, 0.3) is 0 Å². The van der Waals surface area contributed by atoms with Gasteiger partial charge in [0.1, 0.15) is 5.75 Å². The summed E-state index contributed by atoms with van der Waals surface area (Å²) in [4.78, 5) is 6.44. The number of hydrogen-bond donors (Lipinski definition) is 1. The molecular weight excluding hydrogens is 262 g/mol. The van der Waals surface area contributed by atoms with Gasteiger partial charge in [-0.05, 0) is 48.7 Å². The monoisotopic (exact) mass is 283 g/mol. The van der Waals surface area contributed by atoms with Crippen molar-refractivity contribution >= 4 is 11.4 Å². The lowest BCUT2D eigenvalue weighted by atomic mass is 10.2. The lowest BCUT2D eigenvalue weighted by molar-refractivity contribution is 0.415. The van der Waals surface area contributed by atoms with E-state index < -0.39 is 0 Å². The lowest BCUT2D eigenvalue weighted by Gasteiger charge is -2.22. The number of pyridine rings is 1. The van der Waals surface area contributed by atoms with E-state index >= 15 is 0 Å². The van der Waals surface area contributed by atoms with Crippen LogP contribution in [-0.4, -0.2) is 25.2 Å². The van der Waals surface area contributed by atoms with Gasteiger partial charge < -0.3 is 15.0 Å². The summed E-state index contributed by atoms with van der Waals surface area (Å²) in [6, 6.07) is 10.9. The summed E-state index contributed by atoms with van der Waals surface area (Å²) in [5.41, 5.74) is 3.53. The molecule has 0 saturated heterocycles. The SMILES string of the molecule is COc1ccc(N(C)c2cnccc2CNC2CC2)cc1. The standard InChI is InChI=1S/C17H21N3O/c1-20(15-5-7-16(21-2)8-6-15)17-12-18-10-9-13(17)11-19-14-3-4-14/h5-10,12,14,19H,3-4,11H2,1-2H3. The zero-order chi connectivity index (χ0) is 14.7. The van der Waals surface area contributed by atoms with Crippen LogP contribution in [0.25, 0.3) is 0 Å². The van der Waals surface area contributed by atoms with E-state index in [2.05, 4.69) is 40.4 Å². The molecule has 1 N–H and O–H groups in total. The highest BCUT2D eigenvalue weighted by Gasteiger charge is 2.20. The second kappa shape index (κ2) is 6.14. The quantitative estimate of drug-likeness (QED) is 0.884. The molecule has 0 aliphatic heterocycles. The number of ether oxygens (including phenoxy) is 1. The first-order valence-electron chi connectivity index (χ1n) is 7.32. The van der Waals surface area contributed by atoms with Crippen molar-refractivity contribution in [3.05, 3.63) is 48.3 Å². The second-order valence-corrected chi connectivity index (χ2v) is 5.42. The zero-order valence-corrected chi connectivity index (χ0v) is 12.5. The van der Waals surface area contributed by atoms with E-state index in [1.165, 1.54) is 18.4 Å². The van der Waals surface area contributed by atoms with Gasteiger partial charge in [-0.1, -0.05) is 0 Å². The van der Waals surface area contributed by atoms with Crippen LogP contribution in [0.4, 0.5) is 11.4 Å². The van der Waals surface area contributed by atoms with Gasteiger partial charge in [0.2, 0.25) is 0 Å². The molecular formula is C17H21N3O. The van der Waals surface area contributed by atoms with E-state index in [1.54, 1.807) is 7.11 Å². The number of nitrogens with zero attached hydrogens (tertiary/aromatic N) is 2. The van der Waals surface area contributed by atoms with Crippen molar-refractivity contribution in [3.63, 3.8) is 0 Å². The maximum atomic E-state index is 5.21. The summed E-state index contributed by atoms with van der Waals surface area (Å²) < 4.78 is 5.21. The molecule has 0 amide bonds. The molecule has 3 rings (SSSR count).